The van der Waals surface area contributed by atoms with Crippen LogP contribution in [0.2, 0.25) is 0 Å². The van der Waals surface area contributed by atoms with Gasteiger partial charge in [0.2, 0.25) is 5.91 Å². The van der Waals surface area contributed by atoms with Gasteiger partial charge in [0.1, 0.15) is 0 Å². The molecule has 1 amide bonds. The van der Waals surface area contributed by atoms with Crippen LogP contribution in [-0.2, 0) is 4.79 Å². The molecule has 2 unspecified atom stereocenters. The maximum atomic E-state index is 11.4. The van der Waals surface area contributed by atoms with Gasteiger partial charge in [-0.05, 0) is 50.0 Å². The van der Waals surface area contributed by atoms with Crippen molar-refractivity contribution in [1.29, 1.82) is 0 Å². The molecule has 4 heteroatoms. The molecule has 1 aliphatic rings. The normalized spacial score (nSPS) is 21.0. The summed E-state index contributed by atoms with van der Waals surface area (Å²) in [6, 6.07) is -0.588. The summed E-state index contributed by atoms with van der Waals surface area (Å²) in [7, 11) is 0. The van der Waals surface area contributed by atoms with Crippen molar-refractivity contribution in [3.8, 4) is 0 Å². The first-order valence-electron chi connectivity index (χ1n) is 8.84. The molecule has 0 aromatic rings. The van der Waals surface area contributed by atoms with Crippen LogP contribution in [-0.4, -0.2) is 35.4 Å². The largest absolute Gasteiger partial charge is 0.394 e. The van der Waals surface area contributed by atoms with E-state index in [0.29, 0.717) is 0 Å². The van der Waals surface area contributed by atoms with E-state index in [4.69, 9.17) is 10.2 Å². The highest BCUT2D eigenvalue weighted by Gasteiger charge is 2.29. The lowest BCUT2D eigenvalue weighted by atomic mass is 10.2. The summed E-state index contributed by atoms with van der Waals surface area (Å²) in [5.41, 5.74) is 0. The van der Waals surface area contributed by atoms with Gasteiger partial charge in [0.25, 0.3) is 0 Å². The van der Waals surface area contributed by atoms with E-state index >= 15 is 0 Å². The Morgan fingerprint density at radius 3 is 2.12 bits per heavy atom. The molecule has 1 fully saturated rings. The Balaban J connectivity index is 2.00. The van der Waals surface area contributed by atoms with E-state index in [1.807, 2.05) is 6.08 Å². The van der Waals surface area contributed by atoms with Gasteiger partial charge in [-0.3, -0.25) is 4.79 Å². The molecule has 0 heterocycles. The maximum absolute atomic E-state index is 11.4. The Bertz CT molecular complexity index is 462. The third-order valence-electron chi connectivity index (χ3n) is 3.99. The van der Waals surface area contributed by atoms with Crippen molar-refractivity contribution in [3.63, 3.8) is 0 Å². The number of aliphatic hydroxyl groups excluding tert-OH is 2. The summed E-state index contributed by atoms with van der Waals surface area (Å²) in [6.07, 6.45) is 21.4. The second-order valence-electron chi connectivity index (χ2n) is 6.29. The highest BCUT2D eigenvalue weighted by Crippen LogP contribution is 2.38. The van der Waals surface area contributed by atoms with Crippen LogP contribution in [0.1, 0.15) is 39.0 Å². The molecule has 2 atom stereocenters. The van der Waals surface area contributed by atoms with Crippen LogP contribution >= 0.6 is 0 Å². The van der Waals surface area contributed by atoms with Crippen molar-refractivity contribution in [2.75, 3.05) is 13.2 Å². The third kappa shape index (κ3) is 10.2. The molecule has 0 aromatic heterocycles. The van der Waals surface area contributed by atoms with E-state index in [0.717, 1.165) is 37.5 Å². The van der Waals surface area contributed by atoms with Gasteiger partial charge in [0, 0.05) is 0 Å². The lowest BCUT2D eigenvalue weighted by Crippen LogP contribution is -2.39. The number of aliphatic hydroxyl groups is 2. The molecule has 0 saturated heterocycles. The number of hydrogen-bond donors (Lipinski definition) is 3. The molecule has 1 aliphatic carbocycles. The quantitative estimate of drug-likeness (QED) is 0.223. The minimum Gasteiger partial charge on any atom is -0.394 e. The second kappa shape index (κ2) is 12.7. The average molecular weight is 333 g/mol. The highest BCUT2D eigenvalue weighted by atomic mass is 16.3. The van der Waals surface area contributed by atoms with Crippen molar-refractivity contribution in [3.05, 3.63) is 48.6 Å². The van der Waals surface area contributed by atoms with E-state index in [-0.39, 0.29) is 19.1 Å². The van der Waals surface area contributed by atoms with Crippen LogP contribution in [0.3, 0.4) is 0 Å². The minimum absolute atomic E-state index is 0.263. The predicted molar refractivity (Wildman–Crippen MR) is 98.4 cm³/mol. The molecule has 0 radical (unpaired) electrons. The first-order chi connectivity index (χ1) is 11.7. The topological polar surface area (TPSA) is 69.6 Å². The monoisotopic (exact) mass is 333 g/mol. The number of carbonyl (C=O) groups excluding carboxylic acids is 1. The zero-order valence-electron chi connectivity index (χ0n) is 14.6. The van der Waals surface area contributed by atoms with E-state index < -0.39 is 6.04 Å². The fraction of sp³-hybridized carbons (Fsp3) is 0.550. The summed E-state index contributed by atoms with van der Waals surface area (Å²) < 4.78 is 0. The standard InChI is InChI=1S/C20H31NO3/c1-17-14-18(17)12-10-8-6-4-2-3-5-7-9-11-13-20(24)21-19(15-22)16-23/h2-5,10-13,17-19,22-23H,6-9,14-16H2,1H3,(H,21,24). The SMILES string of the molecule is CC1CC1C=CCCC=CC=CCCC=CC(=O)NC(CO)CO. The van der Waals surface area contributed by atoms with Crippen molar-refractivity contribution in [2.45, 2.75) is 45.1 Å². The van der Waals surface area contributed by atoms with Gasteiger partial charge in [-0.25, -0.2) is 0 Å². The summed E-state index contributed by atoms with van der Waals surface area (Å²) in [5.74, 6) is 1.44. The van der Waals surface area contributed by atoms with Crippen molar-refractivity contribution in [2.24, 2.45) is 11.8 Å². The van der Waals surface area contributed by atoms with Gasteiger partial charge < -0.3 is 15.5 Å². The van der Waals surface area contributed by atoms with Gasteiger partial charge in [0.05, 0.1) is 19.3 Å². The second-order valence-corrected chi connectivity index (χ2v) is 6.29. The number of nitrogens with one attached hydrogen (secondary N) is 1. The predicted octanol–water partition coefficient (Wildman–Crippen LogP) is 2.90. The van der Waals surface area contributed by atoms with E-state index in [1.54, 1.807) is 6.08 Å². The molecule has 3 N–H and O–H groups in total. The van der Waals surface area contributed by atoms with Gasteiger partial charge in [0.15, 0.2) is 0 Å². The number of unbranched alkanes of at least 4 members (excludes halogenated alkanes) is 2. The minimum atomic E-state index is -0.588. The third-order valence-corrected chi connectivity index (χ3v) is 3.99. The van der Waals surface area contributed by atoms with E-state index in [1.165, 1.54) is 12.5 Å². The summed E-state index contributed by atoms with van der Waals surface area (Å²) in [6.45, 7) is 1.77. The van der Waals surface area contributed by atoms with Gasteiger partial charge in [-0.15, -0.1) is 0 Å². The Hall–Kier alpha value is -1.65. The van der Waals surface area contributed by atoms with Crippen molar-refractivity contribution >= 4 is 5.91 Å². The summed E-state index contributed by atoms with van der Waals surface area (Å²) >= 11 is 0. The Morgan fingerprint density at radius 2 is 1.58 bits per heavy atom. The maximum Gasteiger partial charge on any atom is 0.244 e. The van der Waals surface area contributed by atoms with Crippen LogP contribution in [0, 0.1) is 11.8 Å². The summed E-state index contributed by atoms with van der Waals surface area (Å²) in [5, 5.41) is 20.2. The number of amides is 1. The molecule has 24 heavy (non-hydrogen) atoms. The van der Waals surface area contributed by atoms with Gasteiger partial charge in [-0.2, -0.15) is 0 Å². The molecule has 0 aliphatic heterocycles. The van der Waals surface area contributed by atoms with Crippen LogP contribution in [0.5, 0.6) is 0 Å². The fourth-order valence-corrected chi connectivity index (χ4v) is 2.21. The Labute approximate surface area is 145 Å². The first-order valence-corrected chi connectivity index (χ1v) is 8.84. The zero-order chi connectivity index (χ0) is 17.6. The van der Waals surface area contributed by atoms with Crippen LogP contribution in [0.4, 0.5) is 0 Å². The lowest BCUT2D eigenvalue weighted by molar-refractivity contribution is -0.117. The molecule has 134 valence electrons. The molecular formula is C20H31NO3. The molecule has 0 bridgehead atoms. The van der Waals surface area contributed by atoms with Crippen LogP contribution in [0.25, 0.3) is 0 Å². The van der Waals surface area contributed by atoms with E-state index in [9.17, 15) is 4.79 Å². The number of carbonyl (C=O) groups is 1. The molecule has 1 saturated carbocycles. The highest BCUT2D eigenvalue weighted by molar-refractivity contribution is 5.87. The zero-order valence-corrected chi connectivity index (χ0v) is 14.6. The average Bonchev–Trinajstić information content (AvgIpc) is 3.28. The molecule has 1 rings (SSSR count). The molecule has 4 nitrogen and oxygen atoms in total. The Morgan fingerprint density at radius 1 is 1.04 bits per heavy atom. The van der Waals surface area contributed by atoms with Crippen molar-refractivity contribution in [1.82, 2.24) is 5.32 Å². The molecular weight excluding hydrogens is 302 g/mol. The van der Waals surface area contributed by atoms with E-state index in [2.05, 4.69) is 42.6 Å². The number of rotatable bonds is 12. The lowest BCUT2D eigenvalue weighted by Gasteiger charge is -2.10. The van der Waals surface area contributed by atoms with Gasteiger partial charge >= 0.3 is 0 Å². The Kier molecular flexibility index (Phi) is 10.8. The smallest absolute Gasteiger partial charge is 0.244 e. The molecule has 0 spiro atoms. The number of hydrogen-bond acceptors (Lipinski definition) is 3. The van der Waals surface area contributed by atoms with Crippen LogP contribution in [0.15, 0.2) is 48.6 Å². The number of allylic oxidation sites excluding steroid dienone is 7. The fourth-order valence-electron chi connectivity index (χ4n) is 2.21. The van der Waals surface area contributed by atoms with Crippen LogP contribution < -0.4 is 5.32 Å². The molecule has 0 aromatic carbocycles. The van der Waals surface area contributed by atoms with Crippen molar-refractivity contribution < 1.29 is 15.0 Å². The van der Waals surface area contributed by atoms with Gasteiger partial charge in [-0.1, -0.05) is 49.5 Å². The first kappa shape index (κ1) is 20.4. The summed E-state index contributed by atoms with van der Waals surface area (Å²) in [4.78, 5) is 11.4.